The fourth-order valence-corrected chi connectivity index (χ4v) is 1.41. The molecular formula is C12H12F2O3. The molecule has 0 atom stereocenters. The Morgan fingerprint density at radius 2 is 1.82 bits per heavy atom. The fourth-order valence-electron chi connectivity index (χ4n) is 1.41. The monoisotopic (exact) mass is 242 g/mol. The molecule has 0 aliphatic rings. The zero-order valence-corrected chi connectivity index (χ0v) is 9.71. The van der Waals surface area contributed by atoms with Crippen LogP contribution < -0.4 is 0 Å². The quantitative estimate of drug-likeness (QED) is 0.604. The number of ketones is 1. The summed E-state index contributed by atoms with van der Waals surface area (Å²) >= 11 is 0. The first-order valence-corrected chi connectivity index (χ1v) is 4.94. The predicted octanol–water partition coefficient (Wildman–Crippen LogP) is 2.49. The van der Waals surface area contributed by atoms with Crippen LogP contribution >= 0.6 is 0 Å². The number of Topliss-reactive ketones (excluding diaryl/α,β-unsaturated/α-hetero) is 1. The zero-order chi connectivity index (χ0) is 13.2. The Hall–Kier alpha value is -1.78. The van der Waals surface area contributed by atoms with Crippen LogP contribution in [0.5, 0.6) is 0 Å². The van der Waals surface area contributed by atoms with Gasteiger partial charge in [-0.2, -0.15) is 0 Å². The van der Waals surface area contributed by atoms with Crippen LogP contribution in [0.25, 0.3) is 0 Å². The van der Waals surface area contributed by atoms with E-state index < -0.39 is 34.6 Å². The second-order valence-corrected chi connectivity index (χ2v) is 4.03. The maximum absolute atomic E-state index is 13.4. The van der Waals surface area contributed by atoms with Gasteiger partial charge in [-0.15, -0.1) is 0 Å². The molecule has 0 aliphatic carbocycles. The third kappa shape index (κ3) is 2.87. The summed E-state index contributed by atoms with van der Waals surface area (Å²) in [4.78, 5) is 22.7. The van der Waals surface area contributed by atoms with Crippen LogP contribution in [-0.2, 0) is 9.53 Å². The van der Waals surface area contributed by atoms with Crippen molar-refractivity contribution in [1.82, 2.24) is 0 Å². The summed E-state index contributed by atoms with van der Waals surface area (Å²) in [7, 11) is 0. The smallest absolute Gasteiger partial charge is 0.303 e. The van der Waals surface area contributed by atoms with Crippen molar-refractivity contribution in [2.24, 2.45) is 0 Å². The van der Waals surface area contributed by atoms with Gasteiger partial charge in [0.25, 0.3) is 0 Å². The number of carbonyl (C=O) groups excluding carboxylic acids is 2. The molecule has 0 aliphatic heterocycles. The van der Waals surface area contributed by atoms with Gasteiger partial charge < -0.3 is 4.74 Å². The van der Waals surface area contributed by atoms with Crippen molar-refractivity contribution in [3.8, 4) is 0 Å². The van der Waals surface area contributed by atoms with Gasteiger partial charge in [-0.25, -0.2) is 8.78 Å². The Morgan fingerprint density at radius 1 is 1.24 bits per heavy atom. The molecule has 0 N–H and O–H groups in total. The van der Waals surface area contributed by atoms with E-state index in [1.54, 1.807) is 0 Å². The minimum atomic E-state index is -1.53. The Balaban J connectivity index is 3.12. The molecule has 1 aromatic carbocycles. The Bertz CT molecular complexity index is 467. The molecule has 0 spiro atoms. The molecule has 17 heavy (non-hydrogen) atoms. The van der Waals surface area contributed by atoms with Crippen LogP contribution in [0.1, 0.15) is 31.1 Å². The lowest BCUT2D eigenvalue weighted by molar-refractivity contribution is -0.149. The van der Waals surface area contributed by atoms with Crippen molar-refractivity contribution in [3.05, 3.63) is 35.4 Å². The predicted molar refractivity (Wildman–Crippen MR) is 56.5 cm³/mol. The van der Waals surface area contributed by atoms with E-state index in [-0.39, 0.29) is 0 Å². The minimum absolute atomic E-state index is 0.434. The summed E-state index contributed by atoms with van der Waals surface area (Å²) < 4.78 is 31.1. The molecule has 0 radical (unpaired) electrons. The first-order chi connectivity index (χ1) is 7.75. The van der Waals surface area contributed by atoms with Crippen molar-refractivity contribution in [1.29, 1.82) is 0 Å². The number of hydrogen-bond acceptors (Lipinski definition) is 3. The van der Waals surface area contributed by atoms with E-state index in [9.17, 15) is 18.4 Å². The van der Waals surface area contributed by atoms with Gasteiger partial charge in [0, 0.05) is 6.92 Å². The third-order valence-electron chi connectivity index (χ3n) is 2.14. The minimum Gasteiger partial charge on any atom is -0.451 e. The number of ether oxygens (including phenoxy) is 1. The topological polar surface area (TPSA) is 43.4 Å². The second kappa shape index (κ2) is 4.61. The molecule has 3 nitrogen and oxygen atoms in total. The van der Waals surface area contributed by atoms with E-state index >= 15 is 0 Å². The lowest BCUT2D eigenvalue weighted by Gasteiger charge is -2.23. The molecule has 0 fully saturated rings. The first-order valence-electron chi connectivity index (χ1n) is 4.94. The molecule has 0 saturated heterocycles. The van der Waals surface area contributed by atoms with Crippen molar-refractivity contribution in [2.75, 3.05) is 0 Å². The highest BCUT2D eigenvalue weighted by molar-refractivity contribution is 6.03. The summed E-state index contributed by atoms with van der Waals surface area (Å²) in [5.74, 6) is -3.81. The summed E-state index contributed by atoms with van der Waals surface area (Å²) in [5.41, 5.74) is -1.96. The largest absolute Gasteiger partial charge is 0.451 e. The number of benzene rings is 1. The van der Waals surface area contributed by atoms with Crippen LogP contribution in [0.2, 0.25) is 0 Å². The average Bonchev–Trinajstić information content (AvgIpc) is 2.19. The Kier molecular flexibility index (Phi) is 3.60. The van der Waals surface area contributed by atoms with Crippen molar-refractivity contribution in [2.45, 2.75) is 26.4 Å². The maximum atomic E-state index is 13.4. The zero-order valence-electron chi connectivity index (χ0n) is 9.71. The van der Waals surface area contributed by atoms with Crippen LogP contribution in [0.3, 0.4) is 0 Å². The second-order valence-electron chi connectivity index (χ2n) is 4.03. The van der Waals surface area contributed by atoms with E-state index in [1.165, 1.54) is 19.9 Å². The highest BCUT2D eigenvalue weighted by atomic mass is 19.2. The van der Waals surface area contributed by atoms with Gasteiger partial charge in [-0.05, 0) is 26.0 Å². The fraction of sp³-hybridized carbons (Fsp3) is 0.333. The van der Waals surface area contributed by atoms with E-state index in [0.29, 0.717) is 0 Å². The van der Waals surface area contributed by atoms with E-state index in [1.807, 2.05) is 0 Å². The van der Waals surface area contributed by atoms with Crippen molar-refractivity contribution < 1.29 is 23.1 Å². The van der Waals surface area contributed by atoms with Crippen LogP contribution in [0.15, 0.2) is 18.2 Å². The van der Waals surface area contributed by atoms with E-state index in [4.69, 9.17) is 4.74 Å². The standard InChI is InChI=1S/C12H12F2O3/c1-7(15)17-12(2,3)11(16)8-5-4-6-9(13)10(8)14/h4-6H,1-3H3. The lowest BCUT2D eigenvalue weighted by Crippen LogP contribution is -2.37. The number of rotatable bonds is 3. The Labute approximate surface area is 97.4 Å². The molecule has 92 valence electrons. The number of hydrogen-bond donors (Lipinski definition) is 0. The lowest BCUT2D eigenvalue weighted by atomic mass is 9.96. The van der Waals surface area contributed by atoms with Gasteiger partial charge in [0.2, 0.25) is 5.78 Å². The number of esters is 1. The number of carbonyl (C=O) groups is 2. The van der Waals surface area contributed by atoms with Crippen LogP contribution in [0.4, 0.5) is 8.78 Å². The normalized spacial score (nSPS) is 11.1. The van der Waals surface area contributed by atoms with Crippen LogP contribution in [0, 0.1) is 11.6 Å². The van der Waals surface area contributed by atoms with Crippen molar-refractivity contribution in [3.63, 3.8) is 0 Å². The Morgan fingerprint density at radius 3 is 2.35 bits per heavy atom. The van der Waals surface area contributed by atoms with E-state index in [2.05, 4.69) is 0 Å². The SMILES string of the molecule is CC(=O)OC(C)(C)C(=O)c1cccc(F)c1F. The molecule has 0 aromatic heterocycles. The molecule has 5 heteroatoms. The molecule has 0 unspecified atom stereocenters. The molecule has 1 rings (SSSR count). The average molecular weight is 242 g/mol. The first kappa shape index (κ1) is 13.3. The summed E-state index contributed by atoms with van der Waals surface area (Å²) in [6.45, 7) is 3.78. The summed E-state index contributed by atoms with van der Waals surface area (Å²) in [5, 5.41) is 0. The number of halogens is 2. The molecule has 0 bridgehead atoms. The van der Waals surface area contributed by atoms with Gasteiger partial charge in [-0.3, -0.25) is 9.59 Å². The molecular weight excluding hydrogens is 230 g/mol. The van der Waals surface area contributed by atoms with Gasteiger partial charge in [-0.1, -0.05) is 6.07 Å². The summed E-state index contributed by atoms with van der Waals surface area (Å²) in [6, 6.07) is 3.27. The third-order valence-corrected chi connectivity index (χ3v) is 2.14. The molecule has 1 aromatic rings. The summed E-state index contributed by atoms with van der Waals surface area (Å²) in [6.07, 6.45) is 0. The van der Waals surface area contributed by atoms with E-state index in [0.717, 1.165) is 19.1 Å². The molecule has 0 saturated carbocycles. The van der Waals surface area contributed by atoms with Crippen molar-refractivity contribution >= 4 is 11.8 Å². The molecule has 0 amide bonds. The highest BCUT2D eigenvalue weighted by Crippen LogP contribution is 2.21. The van der Waals surface area contributed by atoms with Gasteiger partial charge >= 0.3 is 5.97 Å². The van der Waals surface area contributed by atoms with Gasteiger partial charge in [0.15, 0.2) is 17.2 Å². The van der Waals surface area contributed by atoms with Crippen LogP contribution in [-0.4, -0.2) is 17.4 Å². The molecule has 0 heterocycles. The van der Waals surface area contributed by atoms with Gasteiger partial charge in [0.1, 0.15) is 0 Å². The highest BCUT2D eigenvalue weighted by Gasteiger charge is 2.34. The maximum Gasteiger partial charge on any atom is 0.303 e. The van der Waals surface area contributed by atoms with Gasteiger partial charge in [0.05, 0.1) is 5.56 Å².